The second-order valence-corrected chi connectivity index (χ2v) is 13.6. The maximum atomic E-state index is 12.8. The van der Waals surface area contributed by atoms with Gasteiger partial charge in [-0.25, -0.2) is 18.0 Å². The first-order valence-corrected chi connectivity index (χ1v) is 16.6. The summed E-state index contributed by atoms with van der Waals surface area (Å²) >= 11 is 2.38. The van der Waals surface area contributed by atoms with E-state index in [1.807, 2.05) is 0 Å². The number of thiophene rings is 1. The van der Waals surface area contributed by atoms with Crippen LogP contribution in [0.5, 0.6) is 0 Å². The molecule has 0 aliphatic heterocycles. The van der Waals surface area contributed by atoms with Gasteiger partial charge in [-0.3, -0.25) is 9.59 Å². The summed E-state index contributed by atoms with van der Waals surface area (Å²) in [6.45, 7) is 3.80. The first kappa shape index (κ1) is 30.6. The summed E-state index contributed by atoms with van der Waals surface area (Å²) in [5.74, 6) is -4.71. The molecule has 3 aromatic rings. The van der Waals surface area contributed by atoms with E-state index in [1.54, 1.807) is 43.7 Å². The number of nitrogens with zero attached hydrogens (tertiary/aromatic N) is 2. The normalized spacial score (nSPS) is 13.9. The molecule has 0 bridgehead atoms. The van der Waals surface area contributed by atoms with E-state index in [-0.39, 0.29) is 28.6 Å². The van der Waals surface area contributed by atoms with Gasteiger partial charge in [0.15, 0.2) is 14.6 Å². The monoisotopic (exact) mass is 621 g/mol. The molecule has 1 aliphatic carbocycles. The molecule has 0 fully saturated rings. The maximum Gasteiger partial charge on any atom is 0.341 e. The number of sulfone groups is 1. The van der Waals surface area contributed by atoms with Gasteiger partial charge in [0.2, 0.25) is 5.91 Å². The number of hydrogen-bond donors (Lipinski definition) is 1. The number of thiazole rings is 1. The first-order chi connectivity index (χ1) is 19.5. The smallest absolute Gasteiger partial charge is 0.341 e. The number of aryl methyl sites for hydroxylation is 2. The number of amides is 2. The molecule has 2 amide bonds. The molecule has 2 aromatic heterocycles. The molecule has 0 atom stereocenters. The van der Waals surface area contributed by atoms with Gasteiger partial charge < -0.3 is 19.4 Å². The number of carbonyl (C=O) groups is 4. The molecule has 41 heavy (non-hydrogen) atoms. The van der Waals surface area contributed by atoms with Crippen LogP contribution in [0.25, 0.3) is 10.2 Å². The summed E-state index contributed by atoms with van der Waals surface area (Å²) in [7, 11) is -2.50. The number of benzene rings is 1. The molecule has 0 radical (unpaired) electrons. The Balaban J connectivity index is 1.48. The van der Waals surface area contributed by atoms with Crippen molar-refractivity contribution in [1.29, 1.82) is 0 Å². The van der Waals surface area contributed by atoms with Gasteiger partial charge in [-0.05, 0) is 63.3 Å². The van der Waals surface area contributed by atoms with Gasteiger partial charge in [0.05, 0.1) is 34.6 Å². The summed E-state index contributed by atoms with van der Waals surface area (Å²) in [5.41, 5.74) is 2.18. The lowest BCUT2D eigenvalue weighted by Crippen LogP contribution is -2.28. The third-order valence-electron chi connectivity index (χ3n) is 6.39. The molecule has 220 valence electrons. The highest BCUT2D eigenvalue weighted by molar-refractivity contribution is 7.92. The van der Waals surface area contributed by atoms with Crippen LogP contribution in [0, 0.1) is 0 Å². The van der Waals surface area contributed by atoms with E-state index in [9.17, 15) is 27.6 Å². The molecule has 11 nitrogen and oxygen atoms in total. The minimum absolute atomic E-state index is 0.168. The Bertz CT molecular complexity index is 1680. The molecule has 1 aliphatic rings. The molecule has 2 heterocycles. The zero-order valence-electron chi connectivity index (χ0n) is 23.0. The fourth-order valence-electron chi connectivity index (χ4n) is 4.57. The average molecular weight is 622 g/mol. The predicted octanol–water partition coefficient (Wildman–Crippen LogP) is 3.40. The lowest BCUT2D eigenvalue weighted by molar-refractivity contribution is -0.115. The lowest BCUT2D eigenvalue weighted by atomic mass is 10.1. The maximum absolute atomic E-state index is 12.8. The van der Waals surface area contributed by atoms with Crippen molar-refractivity contribution in [2.75, 3.05) is 30.0 Å². The van der Waals surface area contributed by atoms with Crippen LogP contribution in [0.4, 0.5) is 5.00 Å². The van der Waals surface area contributed by atoms with E-state index < -0.39 is 45.1 Å². The van der Waals surface area contributed by atoms with Gasteiger partial charge in [0, 0.05) is 11.9 Å². The van der Waals surface area contributed by atoms with E-state index in [4.69, 9.17) is 9.47 Å². The Labute approximate surface area is 245 Å². The Hall–Kier alpha value is -3.36. The van der Waals surface area contributed by atoms with E-state index in [1.165, 1.54) is 11.3 Å². The van der Waals surface area contributed by atoms with E-state index in [2.05, 4.69) is 10.3 Å². The van der Waals surface area contributed by atoms with E-state index in [0.717, 1.165) is 47.5 Å². The van der Waals surface area contributed by atoms with Gasteiger partial charge in [-0.2, -0.15) is 4.99 Å². The highest BCUT2D eigenvalue weighted by atomic mass is 32.2. The molecule has 0 spiro atoms. The van der Waals surface area contributed by atoms with Crippen molar-refractivity contribution in [2.24, 2.45) is 12.0 Å². The Morgan fingerprint density at radius 2 is 1.68 bits per heavy atom. The fourth-order valence-corrected chi connectivity index (χ4v) is 7.96. The fraction of sp³-hybridized carbons (Fsp3) is 0.444. The number of hydrogen-bond acceptors (Lipinski definition) is 10. The highest BCUT2D eigenvalue weighted by Crippen LogP contribution is 2.38. The number of fused-ring (bicyclic) bond motifs is 2. The van der Waals surface area contributed by atoms with Gasteiger partial charge in [0.1, 0.15) is 16.5 Å². The Kier molecular flexibility index (Phi) is 9.76. The van der Waals surface area contributed by atoms with Crippen LogP contribution in [-0.4, -0.2) is 61.5 Å². The van der Waals surface area contributed by atoms with Crippen molar-refractivity contribution in [2.45, 2.75) is 46.0 Å². The zero-order chi connectivity index (χ0) is 29.7. The molecular formula is C27H31N3O8S3. The molecule has 1 N–H and O–H groups in total. The number of esters is 2. The number of carbonyl (C=O) groups excluding carboxylic acids is 4. The summed E-state index contributed by atoms with van der Waals surface area (Å²) in [5, 5.41) is 2.84. The minimum Gasteiger partial charge on any atom is -0.462 e. The third-order valence-corrected chi connectivity index (χ3v) is 10.1. The number of rotatable bonds is 9. The third kappa shape index (κ3) is 7.29. The van der Waals surface area contributed by atoms with Crippen LogP contribution < -0.4 is 10.1 Å². The second-order valence-electron chi connectivity index (χ2n) is 9.42. The molecule has 0 unspecified atom stereocenters. The Morgan fingerprint density at radius 3 is 2.41 bits per heavy atom. The van der Waals surface area contributed by atoms with Crippen LogP contribution in [0.15, 0.2) is 23.2 Å². The highest BCUT2D eigenvalue weighted by Gasteiger charge is 2.28. The van der Waals surface area contributed by atoms with Crippen molar-refractivity contribution in [3.63, 3.8) is 0 Å². The van der Waals surface area contributed by atoms with Crippen molar-refractivity contribution in [1.82, 2.24) is 4.57 Å². The Morgan fingerprint density at radius 1 is 0.976 bits per heavy atom. The SMILES string of the molecule is CCOC(=O)c1ccc2c(c1)sc(=NC(=O)CS(=O)(=O)CC(=O)Nc1sc3c(c1C(=O)OCC)CCCCC3)n2C. The van der Waals surface area contributed by atoms with Crippen molar-refractivity contribution in [3.05, 3.63) is 44.6 Å². The van der Waals surface area contributed by atoms with Gasteiger partial charge in [-0.15, -0.1) is 11.3 Å². The topological polar surface area (TPSA) is 150 Å². The summed E-state index contributed by atoms with van der Waals surface area (Å²) in [4.78, 5) is 55.3. The molecule has 4 rings (SSSR count). The second kappa shape index (κ2) is 13.1. The minimum atomic E-state index is -4.17. The molecule has 0 saturated carbocycles. The van der Waals surface area contributed by atoms with E-state index >= 15 is 0 Å². The van der Waals surface area contributed by atoms with Gasteiger partial charge in [-0.1, -0.05) is 17.8 Å². The summed E-state index contributed by atoms with van der Waals surface area (Å²) < 4.78 is 38.0. The molecular weight excluding hydrogens is 591 g/mol. The van der Waals surface area contributed by atoms with Gasteiger partial charge in [0.25, 0.3) is 5.91 Å². The number of anilines is 1. The number of ether oxygens (including phenoxy) is 2. The van der Waals surface area contributed by atoms with Crippen molar-refractivity contribution >= 4 is 71.5 Å². The lowest BCUT2D eigenvalue weighted by Gasteiger charge is -2.08. The summed E-state index contributed by atoms with van der Waals surface area (Å²) in [6.07, 6.45) is 4.37. The van der Waals surface area contributed by atoms with Gasteiger partial charge >= 0.3 is 11.9 Å². The largest absolute Gasteiger partial charge is 0.462 e. The first-order valence-electron chi connectivity index (χ1n) is 13.2. The van der Waals surface area contributed by atoms with Crippen LogP contribution >= 0.6 is 22.7 Å². The molecule has 14 heteroatoms. The quantitative estimate of drug-likeness (QED) is 0.282. The van der Waals surface area contributed by atoms with Crippen LogP contribution in [-0.2, 0) is 48.8 Å². The van der Waals surface area contributed by atoms with Crippen molar-refractivity contribution in [3.8, 4) is 0 Å². The predicted molar refractivity (Wildman–Crippen MR) is 156 cm³/mol. The average Bonchev–Trinajstić information content (AvgIpc) is 3.28. The van der Waals surface area contributed by atoms with Crippen molar-refractivity contribution < 1.29 is 37.1 Å². The van der Waals surface area contributed by atoms with Crippen LogP contribution in [0.2, 0.25) is 0 Å². The standard InChI is InChI=1S/C27H31N3O8S3/c1-4-37-25(33)16-11-12-18-20(13-16)40-27(30(18)3)29-22(32)15-41(35,36)14-21(31)28-24-23(26(34)38-5-2)17-9-7-6-8-10-19(17)39-24/h11-13H,4-10,14-15H2,1-3H3,(H,28,31). The van der Waals surface area contributed by atoms with E-state index in [0.29, 0.717) is 22.2 Å². The van der Waals surface area contributed by atoms with Crippen LogP contribution in [0.1, 0.15) is 64.3 Å². The number of nitrogens with one attached hydrogen (secondary N) is 1. The molecule has 0 saturated heterocycles. The zero-order valence-corrected chi connectivity index (χ0v) is 25.4. The van der Waals surface area contributed by atoms with Crippen LogP contribution in [0.3, 0.4) is 0 Å². The summed E-state index contributed by atoms with van der Waals surface area (Å²) in [6, 6.07) is 4.91. The molecule has 1 aromatic carbocycles. The number of aromatic nitrogens is 1.